The Morgan fingerprint density at radius 1 is 1.60 bits per heavy atom. The molecule has 86 valence electrons. The number of aliphatic hydroxyl groups is 1. The van der Waals surface area contributed by atoms with Crippen LogP contribution in [-0.4, -0.2) is 5.11 Å². The van der Waals surface area contributed by atoms with Crippen LogP contribution in [0.2, 0.25) is 0 Å². The van der Waals surface area contributed by atoms with E-state index in [0.717, 1.165) is 18.8 Å². The normalized spacial score (nSPS) is 25.5. The highest BCUT2D eigenvalue weighted by molar-refractivity contribution is 5.18. The molecule has 0 spiro atoms. The quantitative estimate of drug-likeness (QED) is 0.528. The van der Waals surface area contributed by atoms with E-state index in [1.54, 1.807) is 0 Å². The van der Waals surface area contributed by atoms with E-state index < -0.39 is 0 Å². The van der Waals surface area contributed by atoms with Gasteiger partial charge < -0.3 is 5.11 Å². The van der Waals surface area contributed by atoms with Gasteiger partial charge in [0, 0.05) is 0 Å². The number of hydrogen-bond donors (Lipinski definition) is 1. The lowest BCUT2D eigenvalue weighted by molar-refractivity contribution is 0.274. The van der Waals surface area contributed by atoms with Crippen molar-refractivity contribution in [2.45, 2.75) is 53.4 Å². The third-order valence-electron chi connectivity index (χ3n) is 4.20. The molecule has 0 aromatic carbocycles. The molecule has 1 unspecified atom stereocenters. The molecule has 15 heavy (non-hydrogen) atoms. The molecule has 0 fully saturated rings. The third kappa shape index (κ3) is 2.64. The predicted molar refractivity (Wildman–Crippen MR) is 65.9 cm³/mol. The molecule has 0 saturated carbocycles. The van der Waals surface area contributed by atoms with Crippen molar-refractivity contribution in [2.24, 2.45) is 11.3 Å². The predicted octanol–water partition coefficient (Wildman–Crippen LogP) is 4.61. The lowest BCUT2D eigenvalue weighted by Gasteiger charge is -2.29. The maximum absolute atomic E-state index is 9.01. The largest absolute Gasteiger partial charge is 0.516 e. The zero-order valence-electron chi connectivity index (χ0n) is 10.5. The highest BCUT2D eigenvalue weighted by Crippen LogP contribution is 2.45. The van der Waals surface area contributed by atoms with Gasteiger partial charge in [-0.15, -0.1) is 0 Å². The van der Waals surface area contributed by atoms with E-state index in [1.165, 1.54) is 30.2 Å². The number of hydrogen-bond acceptors (Lipinski definition) is 1. The molecule has 0 bridgehead atoms. The molecule has 0 amide bonds. The lowest BCUT2D eigenvalue weighted by Crippen LogP contribution is -2.20. The minimum absolute atomic E-state index is 0.355. The van der Waals surface area contributed by atoms with Crippen LogP contribution in [0.5, 0.6) is 0 Å². The molecular formula is C14H24O. The van der Waals surface area contributed by atoms with E-state index >= 15 is 0 Å². The molecular weight excluding hydrogens is 184 g/mol. The van der Waals surface area contributed by atoms with Crippen molar-refractivity contribution in [2.75, 3.05) is 0 Å². The monoisotopic (exact) mass is 208 g/mol. The number of allylic oxidation sites excluding steroid dienone is 3. The van der Waals surface area contributed by atoms with Crippen LogP contribution in [-0.2, 0) is 0 Å². The molecule has 1 rings (SSSR count). The summed E-state index contributed by atoms with van der Waals surface area (Å²) in [5, 5.41) is 9.01. The minimum atomic E-state index is 0.355. The maximum atomic E-state index is 9.01. The van der Waals surface area contributed by atoms with Crippen molar-refractivity contribution in [3.63, 3.8) is 0 Å². The molecule has 1 aliphatic rings. The van der Waals surface area contributed by atoms with Gasteiger partial charge >= 0.3 is 0 Å². The zero-order chi connectivity index (χ0) is 11.5. The van der Waals surface area contributed by atoms with Crippen LogP contribution < -0.4 is 0 Å². The zero-order valence-corrected chi connectivity index (χ0v) is 10.5. The van der Waals surface area contributed by atoms with Gasteiger partial charge in [0.25, 0.3) is 0 Å². The number of aliphatic hydroxyl groups excluding tert-OH is 1. The molecule has 0 radical (unpaired) electrons. The summed E-state index contributed by atoms with van der Waals surface area (Å²) in [6.45, 7) is 9.02. The van der Waals surface area contributed by atoms with Gasteiger partial charge in [-0.3, -0.25) is 0 Å². The average molecular weight is 208 g/mol. The molecule has 1 nitrogen and oxygen atoms in total. The van der Waals surface area contributed by atoms with Crippen molar-refractivity contribution in [3.8, 4) is 0 Å². The summed E-state index contributed by atoms with van der Waals surface area (Å²) in [6, 6.07) is 0. The standard InChI is InChI=1S/C14H24O/c1-5-12(10-15)7-9-13-8-6-11(2)14(13,3)4/h6,10,13,15H,5,7-9H2,1-4H3. The Labute approximate surface area is 93.9 Å². The maximum Gasteiger partial charge on any atom is 0.0783 e. The first kappa shape index (κ1) is 12.4. The summed E-state index contributed by atoms with van der Waals surface area (Å²) in [6.07, 6.45) is 8.09. The first-order valence-electron chi connectivity index (χ1n) is 6.01. The van der Waals surface area contributed by atoms with Crippen LogP contribution in [0, 0.1) is 11.3 Å². The Hall–Kier alpha value is -0.720. The lowest BCUT2D eigenvalue weighted by atomic mass is 9.75. The van der Waals surface area contributed by atoms with E-state index in [0.29, 0.717) is 5.41 Å². The molecule has 0 heterocycles. The van der Waals surface area contributed by atoms with Crippen molar-refractivity contribution in [1.82, 2.24) is 0 Å². The Balaban J connectivity index is 2.49. The topological polar surface area (TPSA) is 20.2 Å². The van der Waals surface area contributed by atoms with E-state index in [1.807, 2.05) is 0 Å². The summed E-state index contributed by atoms with van der Waals surface area (Å²) in [5.41, 5.74) is 3.06. The summed E-state index contributed by atoms with van der Waals surface area (Å²) in [7, 11) is 0. The Morgan fingerprint density at radius 3 is 2.67 bits per heavy atom. The van der Waals surface area contributed by atoms with Crippen LogP contribution in [0.3, 0.4) is 0 Å². The molecule has 0 aromatic rings. The first-order chi connectivity index (χ1) is 7.02. The van der Waals surface area contributed by atoms with Gasteiger partial charge in [0.15, 0.2) is 0 Å². The van der Waals surface area contributed by atoms with Crippen molar-refractivity contribution < 1.29 is 5.11 Å². The molecule has 0 aromatic heterocycles. The van der Waals surface area contributed by atoms with Crippen LogP contribution in [0.4, 0.5) is 0 Å². The van der Waals surface area contributed by atoms with E-state index in [2.05, 4.69) is 33.8 Å². The third-order valence-corrected chi connectivity index (χ3v) is 4.20. The molecule has 1 aliphatic carbocycles. The Bertz CT molecular complexity index is 271. The molecule has 0 aliphatic heterocycles. The minimum Gasteiger partial charge on any atom is -0.516 e. The molecule has 1 heteroatoms. The van der Waals surface area contributed by atoms with Crippen LogP contribution in [0.25, 0.3) is 0 Å². The van der Waals surface area contributed by atoms with Gasteiger partial charge in [-0.1, -0.05) is 32.4 Å². The fraction of sp³-hybridized carbons (Fsp3) is 0.714. The summed E-state index contributed by atoms with van der Waals surface area (Å²) >= 11 is 0. The highest BCUT2D eigenvalue weighted by atomic mass is 16.2. The molecule has 1 N–H and O–H groups in total. The second-order valence-corrected chi connectivity index (χ2v) is 5.22. The fourth-order valence-electron chi connectivity index (χ4n) is 2.37. The van der Waals surface area contributed by atoms with Gasteiger partial charge in [0.2, 0.25) is 0 Å². The van der Waals surface area contributed by atoms with Crippen LogP contribution >= 0.6 is 0 Å². The smallest absolute Gasteiger partial charge is 0.0783 e. The van der Waals surface area contributed by atoms with E-state index in [4.69, 9.17) is 5.11 Å². The van der Waals surface area contributed by atoms with Crippen molar-refractivity contribution in [1.29, 1.82) is 0 Å². The Kier molecular flexibility index (Phi) is 4.01. The van der Waals surface area contributed by atoms with Gasteiger partial charge in [-0.05, 0) is 49.5 Å². The molecule has 1 atom stereocenters. The highest BCUT2D eigenvalue weighted by Gasteiger charge is 2.34. The van der Waals surface area contributed by atoms with Crippen LogP contribution in [0.1, 0.15) is 53.4 Å². The number of rotatable bonds is 4. The Morgan fingerprint density at radius 2 is 2.27 bits per heavy atom. The van der Waals surface area contributed by atoms with Gasteiger partial charge in [-0.25, -0.2) is 0 Å². The summed E-state index contributed by atoms with van der Waals surface area (Å²) in [4.78, 5) is 0. The van der Waals surface area contributed by atoms with Gasteiger partial charge in [0.1, 0.15) is 0 Å². The molecule has 0 saturated heterocycles. The summed E-state index contributed by atoms with van der Waals surface area (Å²) in [5.74, 6) is 0.749. The van der Waals surface area contributed by atoms with Crippen molar-refractivity contribution in [3.05, 3.63) is 23.5 Å². The fourth-order valence-corrected chi connectivity index (χ4v) is 2.37. The van der Waals surface area contributed by atoms with Gasteiger partial charge in [-0.2, -0.15) is 0 Å². The van der Waals surface area contributed by atoms with E-state index in [9.17, 15) is 0 Å². The van der Waals surface area contributed by atoms with E-state index in [-0.39, 0.29) is 0 Å². The SMILES string of the molecule is CCC(=CO)CCC1CC=C(C)C1(C)C. The van der Waals surface area contributed by atoms with Gasteiger partial charge in [0.05, 0.1) is 6.26 Å². The summed E-state index contributed by atoms with van der Waals surface area (Å²) < 4.78 is 0. The van der Waals surface area contributed by atoms with Crippen LogP contribution in [0.15, 0.2) is 23.5 Å². The first-order valence-corrected chi connectivity index (χ1v) is 6.01. The second kappa shape index (κ2) is 4.87. The second-order valence-electron chi connectivity index (χ2n) is 5.22. The van der Waals surface area contributed by atoms with Crippen molar-refractivity contribution >= 4 is 0 Å². The average Bonchev–Trinajstić information content (AvgIpc) is 2.45.